The number of nitriles is 1. The van der Waals surface area contributed by atoms with Crippen LogP contribution in [0.3, 0.4) is 0 Å². The summed E-state index contributed by atoms with van der Waals surface area (Å²) in [5, 5.41) is 18.2. The first kappa shape index (κ1) is 26.8. The smallest absolute Gasteiger partial charge is 0.392 e. The number of hydrogen-bond donors (Lipinski definition) is 1. The van der Waals surface area contributed by atoms with Gasteiger partial charge in [0.2, 0.25) is 0 Å². The lowest BCUT2D eigenvalue weighted by Crippen LogP contribution is -2.40. The van der Waals surface area contributed by atoms with Crippen molar-refractivity contribution >= 4 is 44.4 Å². The predicted molar refractivity (Wildman–Crippen MR) is 126 cm³/mol. The molecule has 2 aromatic carbocycles. The van der Waals surface area contributed by atoms with Gasteiger partial charge in [-0.2, -0.15) is 45.4 Å². The van der Waals surface area contributed by atoms with Crippen molar-refractivity contribution in [3.63, 3.8) is 0 Å². The van der Waals surface area contributed by atoms with Crippen LogP contribution < -0.4 is 9.80 Å². The molecule has 1 N–H and O–H groups in total. The number of halogens is 4. The first-order valence-corrected chi connectivity index (χ1v) is 9.89. The SMILES string of the molecule is N#Cc1ccc(N2C(=O)N(c3ccc(CO)c(F)c3)[C@H]3CCCC[C@@H]32)cc1C(F)(F)F.S.S. The van der Waals surface area contributed by atoms with Crippen LogP contribution >= 0.6 is 27.0 Å². The minimum absolute atomic E-state index is 0. The van der Waals surface area contributed by atoms with E-state index in [1.54, 1.807) is 6.07 Å². The average Bonchev–Trinajstić information content (AvgIpc) is 3.04. The molecule has 1 aliphatic heterocycles. The van der Waals surface area contributed by atoms with Crippen LogP contribution in [0.25, 0.3) is 0 Å². The molecule has 2 aliphatic rings. The lowest BCUT2D eigenvalue weighted by molar-refractivity contribution is -0.137. The molecule has 1 saturated carbocycles. The molecule has 5 nitrogen and oxygen atoms in total. The second kappa shape index (κ2) is 10.2. The number of fused-ring (bicyclic) bond motifs is 1. The van der Waals surface area contributed by atoms with Gasteiger partial charge < -0.3 is 5.11 Å². The standard InChI is InChI=1S/C22H19F4N3O2.2H2S/c23-18-10-16(8-6-14(18)12-30)29-20-4-2-1-3-19(20)28(21(29)31)15-7-5-13(11-27)17(9-15)22(24,25)26;;/h5-10,19-20,30H,1-4,12H2;2*1H2/t19-,20-;;/m0../s1. The highest BCUT2D eigenvalue weighted by molar-refractivity contribution is 7.59. The van der Waals surface area contributed by atoms with Gasteiger partial charge in [0, 0.05) is 16.9 Å². The maximum atomic E-state index is 14.3. The minimum Gasteiger partial charge on any atom is -0.392 e. The largest absolute Gasteiger partial charge is 0.417 e. The summed E-state index contributed by atoms with van der Waals surface area (Å²) in [5.74, 6) is -0.656. The van der Waals surface area contributed by atoms with E-state index in [0.717, 1.165) is 25.0 Å². The van der Waals surface area contributed by atoms with E-state index in [1.807, 2.05) is 0 Å². The highest BCUT2D eigenvalue weighted by Crippen LogP contribution is 2.42. The molecule has 0 spiro atoms. The van der Waals surface area contributed by atoms with Gasteiger partial charge in [0.05, 0.1) is 35.9 Å². The quantitative estimate of drug-likeness (QED) is 0.589. The summed E-state index contributed by atoms with van der Waals surface area (Å²) in [7, 11) is 0. The molecule has 0 unspecified atom stereocenters. The monoisotopic (exact) mass is 501 g/mol. The molecular weight excluding hydrogens is 478 g/mol. The van der Waals surface area contributed by atoms with Crippen LogP contribution in [0.4, 0.5) is 33.7 Å². The van der Waals surface area contributed by atoms with Crippen molar-refractivity contribution < 1.29 is 27.5 Å². The van der Waals surface area contributed by atoms with Crippen LogP contribution in [-0.2, 0) is 12.8 Å². The Morgan fingerprint density at radius 1 is 1.00 bits per heavy atom. The number of carbonyl (C=O) groups is 1. The van der Waals surface area contributed by atoms with Crippen molar-refractivity contribution in [3.8, 4) is 6.07 Å². The number of rotatable bonds is 3. The van der Waals surface area contributed by atoms with Gasteiger partial charge in [0.25, 0.3) is 0 Å². The maximum absolute atomic E-state index is 14.3. The molecule has 1 aliphatic carbocycles. The Kier molecular flexibility index (Phi) is 8.32. The summed E-state index contributed by atoms with van der Waals surface area (Å²) in [6.45, 7) is -0.482. The number of aliphatic hydroxyl groups excluding tert-OH is 1. The summed E-state index contributed by atoms with van der Waals surface area (Å²) < 4.78 is 54.7. The lowest BCUT2D eigenvalue weighted by atomic mass is 9.89. The van der Waals surface area contributed by atoms with Gasteiger partial charge in [-0.25, -0.2) is 9.18 Å². The molecule has 1 saturated heterocycles. The number of anilines is 2. The third kappa shape index (κ3) is 4.78. The van der Waals surface area contributed by atoms with E-state index in [9.17, 15) is 27.5 Å². The molecule has 4 rings (SSSR count). The number of amides is 2. The average molecular weight is 502 g/mol. The van der Waals surface area contributed by atoms with Gasteiger partial charge in [-0.1, -0.05) is 18.9 Å². The Bertz CT molecular complexity index is 1070. The van der Waals surface area contributed by atoms with E-state index in [4.69, 9.17) is 5.26 Å². The minimum atomic E-state index is -4.74. The normalized spacial score (nSPS) is 19.9. The highest BCUT2D eigenvalue weighted by atomic mass is 32.1. The Morgan fingerprint density at radius 2 is 1.55 bits per heavy atom. The molecule has 33 heavy (non-hydrogen) atoms. The zero-order valence-electron chi connectivity index (χ0n) is 17.4. The third-order valence-electron chi connectivity index (χ3n) is 5.96. The van der Waals surface area contributed by atoms with E-state index in [0.29, 0.717) is 18.5 Å². The summed E-state index contributed by atoms with van der Waals surface area (Å²) in [6.07, 6.45) is -1.83. The van der Waals surface area contributed by atoms with Crippen molar-refractivity contribution in [2.24, 2.45) is 0 Å². The number of hydrogen-bond acceptors (Lipinski definition) is 3. The summed E-state index contributed by atoms with van der Waals surface area (Å²) in [6, 6.07) is 7.66. The molecule has 178 valence electrons. The third-order valence-corrected chi connectivity index (χ3v) is 5.96. The van der Waals surface area contributed by atoms with Crippen LogP contribution in [0.1, 0.15) is 42.4 Å². The number of urea groups is 1. The zero-order chi connectivity index (χ0) is 22.3. The molecule has 0 bridgehead atoms. The fraction of sp³-hybridized carbons (Fsp3) is 0.364. The second-order valence-electron chi connectivity index (χ2n) is 7.72. The van der Waals surface area contributed by atoms with Gasteiger partial charge in [0.1, 0.15) is 5.82 Å². The molecule has 2 atom stereocenters. The lowest BCUT2D eigenvalue weighted by Gasteiger charge is -2.32. The summed E-state index contributed by atoms with van der Waals surface area (Å²) >= 11 is 0. The van der Waals surface area contributed by atoms with E-state index in [1.165, 1.54) is 34.1 Å². The highest BCUT2D eigenvalue weighted by Gasteiger charge is 2.48. The second-order valence-corrected chi connectivity index (χ2v) is 7.72. The van der Waals surface area contributed by atoms with E-state index < -0.39 is 35.8 Å². The van der Waals surface area contributed by atoms with Crippen molar-refractivity contribution in [3.05, 3.63) is 58.9 Å². The van der Waals surface area contributed by atoms with Crippen molar-refractivity contribution in [1.82, 2.24) is 0 Å². The van der Waals surface area contributed by atoms with Crippen LogP contribution in [0.2, 0.25) is 0 Å². The number of alkyl halides is 3. The fourth-order valence-corrected chi connectivity index (χ4v) is 4.53. The van der Waals surface area contributed by atoms with E-state index in [2.05, 4.69) is 0 Å². The van der Waals surface area contributed by atoms with Crippen LogP contribution in [0, 0.1) is 17.1 Å². The van der Waals surface area contributed by atoms with Crippen LogP contribution in [0.15, 0.2) is 36.4 Å². The van der Waals surface area contributed by atoms with Gasteiger partial charge in [-0.05, 0) is 43.2 Å². The number of carbonyl (C=O) groups excluding carboxylic acids is 1. The summed E-state index contributed by atoms with van der Waals surface area (Å²) in [5.41, 5.74) is -1.16. The van der Waals surface area contributed by atoms with E-state index in [-0.39, 0.29) is 50.3 Å². The Morgan fingerprint density at radius 3 is 2.03 bits per heavy atom. The summed E-state index contributed by atoms with van der Waals surface area (Å²) in [4.78, 5) is 16.1. The molecule has 0 aromatic heterocycles. The Hall–Kier alpha value is -2.42. The zero-order valence-corrected chi connectivity index (χ0v) is 19.4. The maximum Gasteiger partial charge on any atom is 0.417 e. The number of aliphatic hydroxyl groups is 1. The van der Waals surface area contributed by atoms with Crippen LogP contribution in [-0.4, -0.2) is 23.2 Å². The van der Waals surface area contributed by atoms with Gasteiger partial charge in [0.15, 0.2) is 0 Å². The van der Waals surface area contributed by atoms with Crippen molar-refractivity contribution in [2.75, 3.05) is 9.80 Å². The molecule has 2 fully saturated rings. The number of benzene rings is 2. The van der Waals surface area contributed by atoms with Crippen molar-refractivity contribution in [2.45, 2.75) is 50.6 Å². The van der Waals surface area contributed by atoms with Gasteiger partial charge >= 0.3 is 12.2 Å². The first-order valence-electron chi connectivity index (χ1n) is 9.89. The molecule has 1 heterocycles. The fourth-order valence-electron chi connectivity index (χ4n) is 4.53. The molecule has 2 aromatic rings. The molecule has 11 heteroatoms. The number of nitrogens with zero attached hydrogens (tertiary/aromatic N) is 3. The predicted octanol–water partition coefficient (Wildman–Crippen LogP) is 5.19. The van der Waals surface area contributed by atoms with Gasteiger partial charge in [-0.15, -0.1) is 0 Å². The topological polar surface area (TPSA) is 67.6 Å². The van der Waals surface area contributed by atoms with Crippen LogP contribution in [0.5, 0.6) is 0 Å². The molecular formula is C22H23F4N3O2S2. The van der Waals surface area contributed by atoms with E-state index >= 15 is 0 Å². The first-order chi connectivity index (χ1) is 14.8. The van der Waals surface area contributed by atoms with Gasteiger partial charge in [-0.3, -0.25) is 9.80 Å². The Balaban J connectivity index is 0.00000193. The molecule has 0 radical (unpaired) electrons. The Labute approximate surface area is 202 Å². The van der Waals surface area contributed by atoms with Crippen molar-refractivity contribution in [1.29, 1.82) is 5.26 Å². The molecule has 2 amide bonds.